The van der Waals surface area contributed by atoms with Crippen LogP contribution < -0.4 is 14.3 Å². The van der Waals surface area contributed by atoms with Gasteiger partial charge in [-0.05, 0) is 48.4 Å². The number of amides is 1. The molecule has 0 N–H and O–H groups in total. The Hall–Kier alpha value is -2.90. The molecule has 2 aromatic carbocycles. The summed E-state index contributed by atoms with van der Waals surface area (Å²) in [5, 5.41) is 0. The van der Waals surface area contributed by atoms with Gasteiger partial charge in [-0.15, -0.1) is 0 Å². The van der Waals surface area contributed by atoms with Gasteiger partial charge in [0.1, 0.15) is 0 Å². The summed E-state index contributed by atoms with van der Waals surface area (Å²) in [6.07, 6.45) is 3.19. The molecule has 0 saturated carbocycles. The average molecular weight is 396 g/mol. The van der Waals surface area contributed by atoms with Gasteiger partial charge in [-0.2, -0.15) is 4.99 Å². The van der Waals surface area contributed by atoms with Gasteiger partial charge in [0.2, 0.25) is 6.79 Å². The molecule has 144 valence electrons. The van der Waals surface area contributed by atoms with Crippen molar-refractivity contribution in [3.63, 3.8) is 0 Å². The summed E-state index contributed by atoms with van der Waals surface area (Å²) in [4.78, 5) is 17.4. The zero-order chi connectivity index (χ0) is 19.5. The number of hydrogen-bond donors (Lipinski definition) is 0. The number of methoxy groups -OCH3 is 1. The topological polar surface area (TPSA) is 62.1 Å². The van der Waals surface area contributed by atoms with E-state index in [9.17, 15) is 4.79 Å². The summed E-state index contributed by atoms with van der Waals surface area (Å²) >= 11 is 1.50. The van der Waals surface area contributed by atoms with Crippen molar-refractivity contribution >= 4 is 33.5 Å². The average Bonchev–Trinajstić information content (AvgIpc) is 3.28. The van der Waals surface area contributed by atoms with E-state index in [0.29, 0.717) is 29.5 Å². The van der Waals surface area contributed by atoms with E-state index in [0.717, 1.165) is 15.8 Å². The number of aryl methyl sites for hydroxylation is 1. The lowest BCUT2D eigenvalue weighted by Gasteiger charge is -2.04. The van der Waals surface area contributed by atoms with Gasteiger partial charge < -0.3 is 18.8 Å². The van der Waals surface area contributed by atoms with Crippen molar-refractivity contribution in [2.24, 2.45) is 4.99 Å². The van der Waals surface area contributed by atoms with Gasteiger partial charge in [0, 0.05) is 19.7 Å². The van der Waals surface area contributed by atoms with E-state index in [-0.39, 0.29) is 12.7 Å². The summed E-state index contributed by atoms with van der Waals surface area (Å²) in [6.45, 7) is 3.46. The molecule has 0 saturated heterocycles. The molecule has 7 heteroatoms. The quantitative estimate of drug-likeness (QED) is 0.619. The second-order valence-corrected chi connectivity index (χ2v) is 7.41. The highest BCUT2D eigenvalue weighted by molar-refractivity contribution is 7.16. The minimum atomic E-state index is -0.313. The highest BCUT2D eigenvalue weighted by Crippen LogP contribution is 2.32. The van der Waals surface area contributed by atoms with Crippen LogP contribution >= 0.6 is 11.3 Å². The molecule has 0 aliphatic carbocycles. The number of carbonyl (C=O) groups is 1. The number of rotatable bonds is 5. The van der Waals surface area contributed by atoms with E-state index < -0.39 is 0 Å². The van der Waals surface area contributed by atoms with Crippen LogP contribution in [0.15, 0.2) is 47.5 Å². The van der Waals surface area contributed by atoms with Crippen LogP contribution in [0.1, 0.15) is 11.1 Å². The molecule has 1 aliphatic rings. The summed E-state index contributed by atoms with van der Waals surface area (Å²) in [5.74, 6) is 1.09. The molecule has 4 rings (SSSR count). The van der Waals surface area contributed by atoms with E-state index in [2.05, 4.69) is 30.1 Å². The molecule has 0 radical (unpaired) electrons. The molecule has 2 heterocycles. The Bertz CT molecular complexity index is 1130. The molecule has 0 spiro atoms. The minimum absolute atomic E-state index is 0.226. The lowest BCUT2D eigenvalue weighted by Crippen LogP contribution is -2.18. The van der Waals surface area contributed by atoms with Gasteiger partial charge in [-0.3, -0.25) is 4.79 Å². The van der Waals surface area contributed by atoms with Gasteiger partial charge in [-0.25, -0.2) is 0 Å². The third-order valence-electron chi connectivity index (χ3n) is 4.38. The Labute approximate surface area is 166 Å². The number of fused-ring (bicyclic) bond motifs is 2. The first kappa shape index (κ1) is 18.5. The van der Waals surface area contributed by atoms with Crippen LogP contribution in [0.5, 0.6) is 11.5 Å². The Morgan fingerprint density at radius 2 is 2.11 bits per heavy atom. The predicted molar refractivity (Wildman–Crippen MR) is 109 cm³/mol. The Morgan fingerprint density at radius 1 is 1.25 bits per heavy atom. The maximum atomic E-state index is 12.4. The molecular formula is C21H20N2O4S. The van der Waals surface area contributed by atoms with Crippen molar-refractivity contribution in [2.75, 3.05) is 20.5 Å². The van der Waals surface area contributed by atoms with E-state index >= 15 is 0 Å². The van der Waals surface area contributed by atoms with Crippen molar-refractivity contribution in [3.05, 3.63) is 58.4 Å². The Morgan fingerprint density at radius 3 is 2.96 bits per heavy atom. The van der Waals surface area contributed by atoms with Crippen LogP contribution in [-0.2, 0) is 16.1 Å². The normalized spacial score (nSPS) is 13.7. The standard InChI is InChI=1S/C21H20N2O4S/c1-14-3-6-16-19(11-14)28-21(23(16)9-10-25-2)22-20(24)8-5-15-4-7-17-18(12-15)27-13-26-17/h3-8,11-12H,9-10,13H2,1-2H3. The van der Waals surface area contributed by atoms with Crippen molar-refractivity contribution in [3.8, 4) is 11.5 Å². The Balaban J connectivity index is 1.63. The number of nitrogens with zero attached hydrogens (tertiary/aromatic N) is 2. The predicted octanol–water partition coefficient (Wildman–Crippen LogP) is 3.53. The fraction of sp³-hybridized carbons (Fsp3) is 0.238. The minimum Gasteiger partial charge on any atom is -0.454 e. The number of aromatic nitrogens is 1. The maximum Gasteiger partial charge on any atom is 0.272 e. The number of ether oxygens (including phenoxy) is 3. The van der Waals surface area contributed by atoms with Crippen LogP contribution in [0, 0.1) is 6.92 Å². The van der Waals surface area contributed by atoms with Crippen LogP contribution in [0.2, 0.25) is 0 Å². The first-order valence-electron chi connectivity index (χ1n) is 8.89. The van der Waals surface area contributed by atoms with Gasteiger partial charge in [-0.1, -0.05) is 23.5 Å². The van der Waals surface area contributed by atoms with Crippen molar-refractivity contribution < 1.29 is 19.0 Å². The zero-order valence-electron chi connectivity index (χ0n) is 15.7. The molecule has 1 aliphatic heterocycles. The van der Waals surface area contributed by atoms with Gasteiger partial charge in [0.15, 0.2) is 16.3 Å². The molecule has 28 heavy (non-hydrogen) atoms. The number of benzene rings is 2. The molecule has 1 aromatic heterocycles. The Kier molecular flexibility index (Phi) is 5.27. The van der Waals surface area contributed by atoms with Crippen LogP contribution in [0.4, 0.5) is 0 Å². The summed E-state index contributed by atoms with van der Waals surface area (Å²) < 4.78 is 19.0. The largest absolute Gasteiger partial charge is 0.454 e. The summed E-state index contributed by atoms with van der Waals surface area (Å²) in [6, 6.07) is 11.8. The van der Waals surface area contributed by atoms with Crippen molar-refractivity contribution in [1.82, 2.24) is 4.57 Å². The lowest BCUT2D eigenvalue weighted by molar-refractivity contribution is -0.113. The molecule has 1 amide bonds. The third-order valence-corrected chi connectivity index (χ3v) is 5.42. The molecule has 0 atom stereocenters. The fourth-order valence-corrected chi connectivity index (χ4v) is 4.14. The van der Waals surface area contributed by atoms with E-state index in [1.165, 1.54) is 23.0 Å². The first-order chi connectivity index (χ1) is 13.6. The van der Waals surface area contributed by atoms with E-state index in [4.69, 9.17) is 14.2 Å². The lowest BCUT2D eigenvalue weighted by atomic mass is 10.2. The summed E-state index contributed by atoms with van der Waals surface area (Å²) in [7, 11) is 1.66. The monoisotopic (exact) mass is 396 g/mol. The summed E-state index contributed by atoms with van der Waals surface area (Å²) in [5.41, 5.74) is 3.08. The van der Waals surface area contributed by atoms with E-state index in [1.54, 1.807) is 13.2 Å². The molecule has 0 fully saturated rings. The fourth-order valence-electron chi connectivity index (χ4n) is 2.98. The third kappa shape index (κ3) is 3.85. The maximum absolute atomic E-state index is 12.4. The highest BCUT2D eigenvalue weighted by Gasteiger charge is 2.12. The van der Waals surface area contributed by atoms with Gasteiger partial charge >= 0.3 is 0 Å². The van der Waals surface area contributed by atoms with Crippen LogP contribution in [-0.4, -0.2) is 31.0 Å². The first-order valence-corrected chi connectivity index (χ1v) is 9.71. The zero-order valence-corrected chi connectivity index (χ0v) is 16.5. The second kappa shape index (κ2) is 8.00. The van der Waals surface area contributed by atoms with Crippen LogP contribution in [0.3, 0.4) is 0 Å². The second-order valence-electron chi connectivity index (χ2n) is 6.40. The highest BCUT2D eigenvalue weighted by atomic mass is 32.1. The van der Waals surface area contributed by atoms with Gasteiger partial charge in [0.05, 0.1) is 16.8 Å². The molecule has 0 bridgehead atoms. The molecule has 0 unspecified atom stereocenters. The molecular weight excluding hydrogens is 376 g/mol. The van der Waals surface area contributed by atoms with Gasteiger partial charge in [0.25, 0.3) is 5.91 Å². The molecule has 3 aromatic rings. The van der Waals surface area contributed by atoms with E-state index in [1.807, 2.05) is 22.8 Å². The van der Waals surface area contributed by atoms with Crippen molar-refractivity contribution in [2.45, 2.75) is 13.5 Å². The smallest absolute Gasteiger partial charge is 0.272 e. The number of carbonyl (C=O) groups excluding carboxylic acids is 1. The SMILES string of the molecule is COCCn1c(=NC(=O)C=Cc2ccc3c(c2)OCO3)sc2cc(C)ccc21. The van der Waals surface area contributed by atoms with Crippen LogP contribution in [0.25, 0.3) is 16.3 Å². The molecule has 6 nitrogen and oxygen atoms in total. The number of hydrogen-bond acceptors (Lipinski definition) is 5. The van der Waals surface area contributed by atoms with Crippen molar-refractivity contribution in [1.29, 1.82) is 0 Å². The number of thiazole rings is 1.